The molecule has 0 bridgehead atoms. The number of rotatable bonds is 6. The fourth-order valence-corrected chi connectivity index (χ4v) is 2.68. The summed E-state index contributed by atoms with van der Waals surface area (Å²) in [5.41, 5.74) is 2.03. The zero-order valence-electron chi connectivity index (χ0n) is 12.9. The minimum atomic E-state index is 0.641. The van der Waals surface area contributed by atoms with E-state index in [0.29, 0.717) is 18.1 Å². The van der Waals surface area contributed by atoms with Crippen LogP contribution in [0.4, 0.5) is 0 Å². The third kappa shape index (κ3) is 3.76. The molecule has 4 heteroatoms. The zero-order chi connectivity index (χ0) is 16.1. The summed E-state index contributed by atoms with van der Waals surface area (Å²) in [5.74, 6) is 2.54. The van der Waals surface area contributed by atoms with E-state index in [2.05, 4.69) is 5.32 Å². The third-order valence-corrected chi connectivity index (χ3v) is 3.94. The van der Waals surface area contributed by atoms with Gasteiger partial charge in [-0.05, 0) is 30.3 Å². The lowest BCUT2D eigenvalue weighted by molar-refractivity contribution is 0.406. The topological polar surface area (TPSA) is 34.4 Å². The average Bonchev–Trinajstić information content (AvgIpc) is 3.04. The van der Waals surface area contributed by atoms with E-state index in [1.165, 1.54) is 0 Å². The van der Waals surface area contributed by atoms with Crippen LogP contribution in [0.1, 0.15) is 11.3 Å². The quantitative estimate of drug-likeness (QED) is 0.699. The van der Waals surface area contributed by atoms with Crippen LogP contribution in [-0.2, 0) is 13.1 Å². The summed E-state index contributed by atoms with van der Waals surface area (Å²) >= 11 is 6.20. The second-order valence-corrected chi connectivity index (χ2v) is 5.57. The fraction of sp³-hybridized carbons (Fsp3) is 0.158. The van der Waals surface area contributed by atoms with Crippen molar-refractivity contribution in [2.75, 3.05) is 7.11 Å². The molecule has 118 valence electrons. The first-order valence-corrected chi connectivity index (χ1v) is 7.82. The van der Waals surface area contributed by atoms with Crippen LogP contribution in [0.25, 0.3) is 11.3 Å². The van der Waals surface area contributed by atoms with Crippen molar-refractivity contribution < 1.29 is 9.15 Å². The molecule has 0 aliphatic heterocycles. The van der Waals surface area contributed by atoms with Gasteiger partial charge in [0.15, 0.2) is 0 Å². The Morgan fingerprint density at radius 3 is 2.57 bits per heavy atom. The average molecular weight is 328 g/mol. The maximum absolute atomic E-state index is 6.20. The molecule has 1 aromatic heterocycles. The largest absolute Gasteiger partial charge is 0.496 e. The summed E-state index contributed by atoms with van der Waals surface area (Å²) in [6.45, 7) is 1.36. The summed E-state index contributed by atoms with van der Waals surface area (Å²) in [4.78, 5) is 0. The highest BCUT2D eigenvalue weighted by atomic mass is 35.5. The van der Waals surface area contributed by atoms with E-state index >= 15 is 0 Å². The van der Waals surface area contributed by atoms with Crippen molar-refractivity contribution in [2.24, 2.45) is 0 Å². The molecule has 23 heavy (non-hydrogen) atoms. The Labute approximate surface area is 140 Å². The van der Waals surface area contributed by atoms with Crippen molar-refractivity contribution in [2.45, 2.75) is 13.1 Å². The van der Waals surface area contributed by atoms with Crippen molar-refractivity contribution in [3.8, 4) is 17.1 Å². The number of para-hydroxylation sites is 1. The van der Waals surface area contributed by atoms with Crippen molar-refractivity contribution >= 4 is 11.6 Å². The van der Waals surface area contributed by atoms with E-state index in [9.17, 15) is 0 Å². The van der Waals surface area contributed by atoms with Crippen LogP contribution in [0.15, 0.2) is 65.1 Å². The lowest BCUT2D eigenvalue weighted by Gasteiger charge is -2.08. The smallest absolute Gasteiger partial charge is 0.135 e. The third-order valence-electron chi connectivity index (χ3n) is 3.61. The summed E-state index contributed by atoms with van der Waals surface area (Å²) in [7, 11) is 1.68. The number of ether oxygens (including phenoxy) is 1. The van der Waals surface area contributed by atoms with Gasteiger partial charge in [0.05, 0.1) is 18.7 Å². The van der Waals surface area contributed by atoms with E-state index < -0.39 is 0 Å². The van der Waals surface area contributed by atoms with Crippen LogP contribution in [0.2, 0.25) is 5.02 Å². The lowest BCUT2D eigenvalue weighted by atomic mass is 10.2. The number of hydrogen-bond acceptors (Lipinski definition) is 3. The molecule has 0 radical (unpaired) electrons. The van der Waals surface area contributed by atoms with Crippen molar-refractivity contribution in [1.29, 1.82) is 0 Å². The molecule has 0 saturated heterocycles. The zero-order valence-corrected chi connectivity index (χ0v) is 13.6. The molecular formula is C19H18ClNO2. The van der Waals surface area contributed by atoms with Crippen molar-refractivity contribution in [3.63, 3.8) is 0 Å². The van der Waals surface area contributed by atoms with Gasteiger partial charge in [0.1, 0.15) is 17.3 Å². The van der Waals surface area contributed by atoms with Crippen molar-refractivity contribution in [3.05, 3.63) is 77.0 Å². The molecule has 0 unspecified atom stereocenters. The first-order chi connectivity index (χ1) is 11.3. The molecule has 0 amide bonds. The van der Waals surface area contributed by atoms with Gasteiger partial charge < -0.3 is 14.5 Å². The van der Waals surface area contributed by atoms with Crippen LogP contribution in [0.3, 0.4) is 0 Å². The summed E-state index contributed by atoms with van der Waals surface area (Å²) in [6, 6.07) is 19.5. The van der Waals surface area contributed by atoms with Crippen LogP contribution < -0.4 is 10.1 Å². The Morgan fingerprint density at radius 2 is 1.74 bits per heavy atom. The number of halogens is 1. The number of nitrogens with one attached hydrogen (secondary N) is 1. The maximum atomic E-state index is 6.20. The standard InChI is InChI=1S/C19H18ClNO2/c1-22-18-9-5-2-6-14(18)12-21-13-15-10-11-19(23-15)16-7-3-4-8-17(16)20/h2-11,21H,12-13H2,1H3. The van der Waals surface area contributed by atoms with E-state index in [1.807, 2.05) is 60.7 Å². The molecule has 0 spiro atoms. The predicted molar refractivity (Wildman–Crippen MR) is 92.7 cm³/mol. The second kappa shape index (κ2) is 7.36. The molecule has 3 nitrogen and oxygen atoms in total. The molecule has 0 fully saturated rings. The van der Waals surface area contributed by atoms with Crippen molar-refractivity contribution in [1.82, 2.24) is 5.32 Å². The van der Waals surface area contributed by atoms with Gasteiger partial charge in [-0.1, -0.05) is 41.9 Å². The Morgan fingerprint density at radius 1 is 0.957 bits per heavy atom. The normalized spacial score (nSPS) is 10.7. The number of benzene rings is 2. The first kappa shape index (κ1) is 15.7. The number of methoxy groups -OCH3 is 1. The minimum absolute atomic E-state index is 0.641. The summed E-state index contributed by atoms with van der Waals surface area (Å²) in [6.07, 6.45) is 0. The SMILES string of the molecule is COc1ccccc1CNCc1ccc(-c2ccccc2Cl)o1. The molecule has 0 aliphatic rings. The van der Waals surface area contributed by atoms with Gasteiger partial charge in [0.2, 0.25) is 0 Å². The Hall–Kier alpha value is -2.23. The van der Waals surface area contributed by atoms with Crippen LogP contribution in [0.5, 0.6) is 5.75 Å². The van der Waals surface area contributed by atoms with E-state index in [0.717, 1.165) is 28.4 Å². The van der Waals surface area contributed by atoms with E-state index in [-0.39, 0.29) is 0 Å². The van der Waals surface area contributed by atoms with Crippen LogP contribution >= 0.6 is 11.6 Å². The molecule has 2 aromatic carbocycles. The Balaban J connectivity index is 1.63. The van der Waals surface area contributed by atoms with E-state index in [4.69, 9.17) is 20.8 Å². The van der Waals surface area contributed by atoms with Gasteiger partial charge in [-0.2, -0.15) is 0 Å². The fourth-order valence-electron chi connectivity index (χ4n) is 2.45. The van der Waals surface area contributed by atoms with Gasteiger partial charge in [-0.15, -0.1) is 0 Å². The molecule has 1 N–H and O–H groups in total. The molecule has 0 atom stereocenters. The van der Waals surface area contributed by atoms with Gasteiger partial charge in [-0.25, -0.2) is 0 Å². The molecule has 1 heterocycles. The number of hydrogen-bond donors (Lipinski definition) is 1. The highest BCUT2D eigenvalue weighted by Crippen LogP contribution is 2.29. The monoisotopic (exact) mass is 327 g/mol. The lowest BCUT2D eigenvalue weighted by Crippen LogP contribution is -2.12. The Bertz CT molecular complexity index is 782. The first-order valence-electron chi connectivity index (χ1n) is 7.44. The van der Waals surface area contributed by atoms with Gasteiger partial charge in [0.25, 0.3) is 0 Å². The maximum Gasteiger partial charge on any atom is 0.135 e. The second-order valence-electron chi connectivity index (χ2n) is 5.16. The predicted octanol–water partition coefficient (Wildman–Crippen LogP) is 4.90. The summed E-state index contributed by atoms with van der Waals surface area (Å²) < 4.78 is 11.2. The van der Waals surface area contributed by atoms with Crippen LogP contribution in [-0.4, -0.2) is 7.11 Å². The number of furan rings is 1. The molecule has 0 aliphatic carbocycles. The summed E-state index contributed by atoms with van der Waals surface area (Å²) in [5, 5.41) is 4.06. The Kier molecular flexibility index (Phi) is 5.01. The molecule has 3 rings (SSSR count). The minimum Gasteiger partial charge on any atom is -0.496 e. The van der Waals surface area contributed by atoms with E-state index in [1.54, 1.807) is 7.11 Å². The molecule has 0 saturated carbocycles. The van der Waals surface area contributed by atoms with Gasteiger partial charge in [-0.3, -0.25) is 0 Å². The highest BCUT2D eigenvalue weighted by molar-refractivity contribution is 6.33. The van der Waals surface area contributed by atoms with Gasteiger partial charge >= 0.3 is 0 Å². The highest BCUT2D eigenvalue weighted by Gasteiger charge is 2.08. The molecular weight excluding hydrogens is 310 g/mol. The van der Waals surface area contributed by atoms with Crippen LogP contribution in [0, 0.1) is 0 Å². The molecule has 3 aromatic rings. The van der Waals surface area contributed by atoms with Gasteiger partial charge in [0, 0.05) is 17.7 Å².